The van der Waals surface area contributed by atoms with Gasteiger partial charge in [-0.25, -0.2) is 0 Å². The van der Waals surface area contributed by atoms with Crippen LogP contribution in [0.3, 0.4) is 0 Å². The molecule has 0 heterocycles. The molecule has 1 aliphatic rings. The summed E-state index contributed by atoms with van der Waals surface area (Å²) in [6, 6.07) is 9.48. The van der Waals surface area contributed by atoms with Crippen molar-refractivity contribution in [2.24, 2.45) is 0 Å². The Morgan fingerprint density at radius 1 is 1.05 bits per heavy atom. The van der Waals surface area contributed by atoms with Crippen molar-refractivity contribution in [2.75, 3.05) is 0 Å². The number of benzene rings is 2. The first-order chi connectivity index (χ1) is 10.1. The molecule has 1 unspecified atom stereocenters. The summed E-state index contributed by atoms with van der Waals surface area (Å²) in [6.07, 6.45) is 3.22. The van der Waals surface area contributed by atoms with Crippen molar-refractivity contribution < 1.29 is 19.1 Å². The molecule has 0 spiro atoms. The fraction of sp³-hybridized carbons (Fsp3) is 0.176. The van der Waals surface area contributed by atoms with Crippen LogP contribution in [-0.2, 0) is 14.3 Å². The molecule has 2 aromatic rings. The van der Waals surface area contributed by atoms with Gasteiger partial charge in [-0.05, 0) is 22.9 Å². The standard InChI is InChI=1S/C17H14O4/c1-10(18)20-15-8-6-12-4-3-5-13-16(21-11(2)19)9-7-14(15)17(12)13/h3-9,16H,1-2H3. The maximum Gasteiger partial charge on any atom is 0.308 e. The van der Waals surface area contributed by atoms with Crippen LogP contribution in [0.2, 0.25) is 0 Å². The fourth-order valence-corrected chi connectivity index (χ4v) is 2.63. The van der Waals surface area contributed by atoms with Crippen molar-refractivity contribution in [3.63, 3.8) is 0 Å². The first-order valence-corrected chi connectivity index (χ1v) is 6.66. The van der Waals surface area contributed by atoms with E-state index in [1.165, 1.54) is 13.8 Å². The molecule has 4 heteroatoms. The molecule has 0 fully saturated rings. The SMILES string of the molecule is CC(=O)Oc1ccc2cccc3c2c1C=CC3OC(C)=O. The van der Waals surface area contributed by atoms with Gasteiger partial charge in [0.05, 0.1) is 0 Å². The van der Waals surface area contributed by atoms with E-state index in [1.807, 2.05) is 30.3 Å². The van der Waals surface area contributed by atoms with Crippen molar-refractivity contribution in [1.82, 2.24) is 0 Å². The largest absolute Gasteiger partial charge is 0.453 e. The van der Waals surface area contributed by atoms with Crippen LogP contribution in [0.15, 0.2) is 36.4 Å². The lowest BCUT2D eigenvalue weighted by Crippen LogP contribution is -2.10. The number of hydrogen-bond acceptors (Lipinski definition) is 4. The van der Waals surface area contributed by atoms with E-state index in [-0.39, 0.29) is 11.9 Å². The third kappa shape index (κ3) is 2.40. The third-order valence-electron chi connectivity index (χ3n) is 3.37. The molecule has 2 aromatic carbocycles. The molecule has 106 valence electrons. The molecule has 1 aliphatic carbocycles. The molecule has 1 atom stereocenters. The zero-order chi connectivity index (χ0) is 15.0. The first kappa shape index (κ1) is 13.4. The van der Waals surface area contributed by atoms with E-state index in [4.69, 9.17) is 9.47 Å². The Hall–Kier alpha value is -2.62. The van der Waals surface area contributed by atoms with Gasteiger partial charge in [-0.2, -0.15) is 0 Å². The van der Waals surface area contributed by atoms with Crippen LogP contribution >= 0.6 is 0 Å². The minimum Gasteiger partial charge on any atom is -0.453 e. The minimum atomic E-state index is -0.411. The van der Waals surface area contributed by atoms with E-state index in [9.17, 15) is 9.59 Å². The van der Waals surface area contributed by atoms with E-state index in [0.717, 1.165) is 21.9 Å². The topological polar surface area (TPSA) is 52.6 Å². The predicted octanol–water partition coefficient (Wildman–Crippen LogP) is 3.40. The highest BCUT2D eigenvalue weighted by atomic mass is 16.5. The first-order valence-electron chi connectivity index (χ1n) is 6.66. The monoisotopic (exact) mass is 282 g/mol. The van der Waals surface area contributed by atoms with Crippen LogP contribution in [0, 0.1) is 0 Å². The maximum absolute atomic E-state index is 11.2. The van der Waals surface area contributed by atoms with Crippen molar-refractivity contribution >= 4 is 28.8 Å². The van der Waals surface area contributed by atoms with Crippen molar-refractivity contribution in [2.45, 2.75) is 20.0 Å². The van der Waals surface area contributed by atoms with Crippen LogP contribution < -0.4 is 4.74 Å². The summed E-state index contributed by atoms with van der Waals surface area (Å²) < 4.78 is 10.6. The van der Waals surface area contributed by atoms with Gasteiger partial charge in [0, 0.05) is 25.0 Å². The molecular formula is C17H14O4. The van der Waals surface area contributed by atoms with Gasteiger partial charge in [-0.15, -0.1) is 0 Å². The molecule has 21 heavy (non-hydrogen) atoms. The molecule has 0 N–H and O–H groups in total. The Morgan fingerprint density at radius 2 is 1.86 bits per heavy atom. The van der Waals surface area contributed by atoms with E-state index in [2.05, 4.69) is 0 Å². The summed E-state index contributed by atoms with van der Waals surface area (Å²) in [5.74, 6) is -0.181. The molecule has 0 aromatic heterocycles. The molecule has 4 nitrogen and oxygen atoms in total. The molecule has 0 saturated carbocycles. The minimum absolute atomic E-state index is 0.332. The lowest BCUT2D eigenvalue weighted by molar-refractivity contribution is -0.144. The van der Waals surface area contributed by atoms with Gasteiger partial charge in [0.2, 0.25) is 0 Å². The zero-order valence-electron chi connectivity index (χ0n) is 11.8. The van der Waals surface area contributed by atoms with Gasteiger partial charge in [-0.3, -0.25) is 9.59 Å². The molecule has 3 rings (SSSR count). The van der Waals surface area contributed by atoms with Gasteiger partial charge in [0.1, 0.15) is 11.9 Å². The molecular weight excluding hydrogens is 268 g/mol. The Morgan fingerprint density at radius 3 is 2.57 bits per heavy atom. The molecule has 0 aliphatic heterocycles. The van der Waals surface area contributed by atoms with Crippen LogP contribution in [-0.4, -0.2) is 11.9 Å². The third-order valence-corrected chi connectivity index (χ3v) is 3.37. The molecule has 0 radical (unpaired) electrons. The van der Waals surface area contributed by atoms with Crippen molar-refractivity contribution in [3.8, 4) is 5.75 Å². The smallest absolute Gasteiger partial charge is 0.308 e. The van der Waals surface area contributed by atoms with E-state index >= 15 is 0 Å². The van der Waals surface area contributed by atoms with E-state index < -0.39 is 6.10 Å². The average Bonchev–Trinajstić information content (AvgIpc) is 2.43. The second-order valence-corrected chi connectivity index (χ2v) is 4.91. The van der Waals surface area contributed by atoms with Crippen LogP contribution in [0.1, 0.15) is 31.1 Å². The summed E-state index contributed by atoms with van der Waals surface area (Å²) in [5, 5.41) is 1.96. The summed E-state index contributed by atoms with van der Waals surface area (Å²) in [4.78, 5) is 22.4. The number of ether oxygens (including phenoxy) is 2. The Kier molecular flexibility index (Phi) is 3.22. The zero-order valence-corrected chi connectivity index (χ0v) is 11.8. The highest BCUT2D eigenvalue weighted by Crippen LogP contribution is 2.39. The maximum atomic E-state index is 11.2. The van der Waals surface area contributed by atoms with E-state index in [0.29, 0.717) is 5.75 Å². The highest BCUT2D eigenvalue weighted by Gasteiger charge is 2.22. The molecule has 0 bridgehead atoms. The predicted molar refractivity (Wildman–Crippen MR) is 78.8 cm³/mol. The number of hydrogen-bond donors (Lipinski definition) is 0. The molecule has 0 amide bonds. The quantitative estimate of drug-likeness (QED) is 0.625. The summed E-state index contributed by atoms with van der Waals surface area (Å²) in [6.45, 7) is 2.76. The molecule has 0 saturated heterocycles. The number of carbonyl (C=O) groups excluding carboxylic acids is 2. The van der Waals surface area contributed by atoms with Gasteiger partial charge < -0.3 is 9.47 Å². The van der Waals surface area contributed by atoms with Crippen LogP contribution in [0.5, 0.6) is 5.75 Å². The van der Waals surface area contributed by atoms with Crippen molar-refractivity contribution in [3.05, 3.63) is 47.5 Å². The van der Waals surface area contributed by atoms with Gasteiger partial charge in [0.25, 0.3) is 0 Å². The lowest BCUT2D eigenvalue weighted by Gasteiger charge is -2.22. The Balaban J connectivity index is 2.20. The summed E-state index contributed by atoms with van der Waals surface area (Å²) >= 11 is 0. The number of carbonyl (C=O) groups is 2. The van der Waals surface area contributed by atoms with Gasteiger partial charge in [0.15, 0.2) is 0 Å². The summed E-state index contributed by atoms with van der Waals surface area (Å²) in [5.41, 5.74) is 1.73. The van der Waals surface area contributed by atoms with Gasteiger partial charge >= 0.3 is 11.9 Å². The Labute approximate surface area is 122 Å². The number of esters is 2. The average molecular weight is 282 g/mol. The Bertz CT molecular complexity index is 774. The van der Waals surface area contributed by atoms with E-state index in [1.54, 1.807) is 12.1 Å². The van der Waals surface area contributed by atoms with Crippen molar-refractivity contribution in [1.29, 1.82) is 0 Å². The van der Waals surface area contributed by atoms with Crippen LogP contribution in [0.4, 0.5) is 0 Å². The summed E-state index contributed by atoms with van der Waals surface area (Å²) in [7, 11) is 0. The van der Waals surface area contributed by atoms with Gasteiger partial charge in [-0.1, -0.05) is 30.3 Å². The second kappa shape index (κ2) is 5.05. The number of rotatable bonds is 2. The second-order valence-electron chi connectivity index (χ2n) is 4.91. The normalized spacial score (nSPS) is 15.8. The fourth-order valence-electron chi connectivity index (χ4n) is 2.63. The van der Waals surface area contributed by atoms with Crippen LogP contribution in [0.25, 0.3) is 16.8 Å². The lowest BCUT2D eigenvalue weighted by atomic mass is 9.91. The highest BCUT2D eigenvalue weighted by molar-refractivity contribution is 5.98.